The molecule has 0 atom stereocenters. The topological polar surface area (TPSA) is 24.9 Å². The molecule has 3 rings (SSSR count). The highest BCUT2D eigenvalue weighted by Gasteiger charge is 2.40. The van der Waals surface area contributed by atoms with Crippen molar-refractivity contribution in [3.63, 3.8) is 0 Å². The van der Waals surface area contributed by atoms with Gasteiger partial charge in [-0.2, -0.15) is 0 Å². The number of halogens is 1. The van der Waals surface area contributed by atoms with Crippen LogP contribution in [0.15, 0.2) is 18.3 Å². The number of aryl methyl sites for hydroxylation is 1. The van der Waals surface area contributed by atoms with Crippen LogP contribution in [0.4, 0.5) is 0 Å². The number of rotatable bonds is 5. The van der Waals surface area contributed by atoms with Crippen LogP contribution in [0.25, 0.3) is 0 Å². The third-order valence-electron chi connectivity index (χ3n) is 3.90. The number of hydrogen-bond acceptors (Lipinski definition) is 2. The van der Waals surface area contributed by atoms with E-state index < -0.39 is 0 Å². The Morgan fingerprint density at radius 1 is 1.29 bits per heavy atom. The molecule has 0 spiro atoms. The normalized spacial score (nSPS) is 19.2. The molecule has 2 saturated carbocycles. The average molecular weight is 253 g/mol. The van der Waals surface area contributed by atoms with Gasteiger partial charge in [0, 0.05) is 24.5 Å². The van der Waals surface area contributed by atoms with Gasteiger partial charge in [0.2, 0.25) is 0 Å². The second-order valence-electron chi connectivity index (χ2n) is 5.33. The lowest BCUT2D eigenvalue weighted by Crippen LogP contribution is -2.32. The molecule has 2 nitrogen and oxygen atoms in total. The first-order valence-corrected chi connectivity index (χ1v) is 6.48. The second kappa shape index (κ2) is 5.36. The molecule has 3 heteroatoms. The van der Waals surface area contributed by atoms with E-state index in [4.69, 9.17) is 0 Å². The summed E-state index contributed by atoms with van der Waals surface area (Å²) in [7, 11) is 0. The van der Waals surface area contributed by atoms with Crippen molar-refractivity contribution in [2.75, 3.05) is 0 Å². The molecule has 1 N–H and O–H groups in total. The Hall–Kier alpha value is -0.600. The first-order valence-electron chi connectivity index (χ1n) is 6.48. The number of nitrogens with one attached hydrogen (secondary N) is 1. The predicted octanol–water partition coefficient (Wildman–Crippen LogP) is 3.09. The van der Waals surface area contributed by atoms with Crippen molar-refractivity contribution in [1.82, 2.24) is 10.3 Å². The molecular weight excluding hydrogens is 232 g/mol. The van der Waals surface area contributed by atoms with E-state index >= 15 is 0 Å². The fraction of sp³-hybridized carbons (Fsp3) is 0.643. The average Bonchev–Trinajstić information content (AvgIpc) is 3.15. The monoisotopic (exact) mass is 252 g/mol. The first-order chi connectivity index (χ1) is 7.84. The van der Waals surface area contributed by atoms with Gasteiger partial charge in [-0.1, -0.05) is 6.07 Å². The second-order valence-corrected chi connectivity index (χ2v) is 5.33. The molecule has 94 valence electrons. The van der Waals surface area contributed by atoms with E-state index in [2.05, 4.69) is 23.3 Å². The van der Waals surface area contributed by atoms with Gasteiger partial charge in [0.1, 0.15) is 0 Å². The highest BCUT2D eigenvalue weighted by atomic mass is 35.5. The Labute approximate surface area is 110 Å². The van der Waals surface area contributed by atoms with Crippen LogP contribution in [-0.2, 0) is 6.54 Å². The zero-order chi connectivity index (χ0) is 11.0. The van der Waals surface area contributed by atoms with E-state index in [-0.39, 0.29) is 12.4 Å². The lowest BCUT2D eigenvalue weighted by molar-refractivity contribution is 0.415. The van der Waals surface area contributed by atoms with Gasteiger partial charge in [-0.3, -0.25) is 4.98 Å². The predicted molar refractivity (Wildman–Crippen MR) is 72.3 cm³/mol. The molecule has 1 heterocycles. The molecule has 1 aromatic rings. The maximum Gasteiger partial charge on any atom is 0.0417 e. The zero-order valence-electron chi connectivity index (χ0n) is 10.4. The standard InChI is InChI=1S/C14H20N2.ClH/c1-10-13(3-2-8-15-10)9-16-14(11-4-5-11)12-6-7-12;/h2-3,8,11-12,14,16H,4-7,9H2,1H3;1H. The van der Waals surface area contributed by atoms with Crippen molar-refractivity contribution < 1.29 is 0 Å². The smallest absolute Gasteiger partial charge is 0.0417 e. The van der Waals surface area contributed by atoms with Crippen molar-refractivity contribution in [2.24, 2.45) is 11.8 Å². The van der Waals surface area contributed by atoms with Crippen molar-refractivity contribution in [3.05, 3.63) is 29.6 Å². The Morgan fingerprint density at radius 2 is 1.94 bits per heavy atom. The summed E-state index contributed by atoms with van der Waals surface area (Å²) in [6.07, 6.45) is 7.65. The Kier molecular flexibility index (Phi) is 4.05. The van der Waals surface area contributed by atoms with Crippen LogP contribution in [0.5, 0.6) is 0 Å². The number of hydrogen-bond donors (Lipinski definition) is 1. The largest absolute Gasteiger partial charge is 0.309 e. The Bertz CT molecular complexity index is 360. The van der Waals surface area contributed by atoms with Crippen LogP contribution in [0.2, 0.25) is 0 Å². The lowest BCUT2D eigenvalue weighted by atomic mass is 10.1. The van der Waals surface area contributed by atoms with Gasteiger partial charge < -0.3 is 5.32 Å². The fourth-order valence-corrected chi connectivity index (χ4v) is 2.56. The fourth-order valence-electron chi connectivity index (χ4n) is 2.56. The molecule has 1 aromatic heterocycles. The van der Waals surface area contributed by atoms with E-state index in [0.29, 0.717) is 0 Å². The van der Waals surface area contributed by atoms with Crippen LogP contribution >= 0.6 is 12.4 Å². The van der Waals surface area contributed by atoms with Gasteiger partial charge in [-0.25, -0.2) is 0 Å². The summed E-state index contributed by atoms with van der Waals surface area (Å²) >= 11 is 0. The summed E-state index contributed by atoms with van der Waals surface area (Å²) in [5.41, 5.74) is 2.52. The van der Waals surface area contributed by atoms with Crippen molar-refractivity contribution in [2.45, 2.75) is 45.2 Å². The van der Waals surface area contributed by atoms with E-state index in [1.807, 2.05) is 12.3 Å². The molecule has 0 aliphatic heterocycles. The molecule has 0 radical (unpaired) electrons. The summed E-state index contributed by atoms with van der Waals surface area (Å²) < 4.78 is 0. The Morgan fingerprint density at radius 3 is 2.47 bits per heavy atom. The maximum absolute atomic E-state index is 4.34. The molecule has 0 amide bonds. The van der Waals surface area contributed by atoms with Gasteiger partial charge >= 0.3 is 0 Å². The van der Waals surface area contributed by atoms with E-state index in [0.717, 1.165) is 24.4 Å². The first kappa shape index (κ1) is 12.8. The van der Waals surface area contributed by atoms with Gasteiger partial charge in [-0.05, 0) is 56.1 Å². The zero-order valence-corrected chi connectivity index (χ0v) is 11.2. The molecule has 2 fully saturated rings. The molecule has 0 unspecified atom stereocenters. The lowest BCUT2D eigenvalue weighted by Gasteiger charge is -2.18. The molecule has 0 saturated heterocycles. The third-order valence-corrected chi connectivity index (χ3v) is 3.90. The van der Waals surface area contributed by atoms with E-state index in [1.54, 1.807) is 0 Å². The van der Waals surface area contributed by atoms with Crippen molar-refractivity contribution in [3.8, 4) is 0 Å². The van der Waals surface area contributed by atoms with Crippen LogP contribution in [0, 0.1) is 18.8 Å². The minimum atomic E-state index is 0. The number of aromatic nitrogens is 1. The van der Waals surface area contributed by atoms with Crippen LogP contribution in [0.3, 0.4) is 0 Å². The minimum absolute atomic E-state index is 0. The van der Waals surface area contributed by atoms with Crippen LogP contribution in [-0.4, -0.2) is 11.0 Å². The summed E-state index contributed by atoms with van der Waals surface area (Å²) in [6.45, 7) is 3.09. The maximum atomic E-state index is 4.34. The van der Waals surface area contributed by atoms with E-state index in [1.165, 1.54) is 36.9 Å². The quantitative estimate of drug-likeness (QED) is 0.871. The van der Waals surface area contributed by atoms with E-state index in [9.17, 15) is 0 Å². The summed E-state index contributed by atoms with van der Waals surface area (Å²) in [5, 5.41) is 3.76. The minimum Gasteiger partial charge on any atom is -0.309 e. The summed E-state index contributed by atoms with van der Waals surface area (Å²) in [4.78, 5) is 4.34. The van der Waals surface area contributed by atoms with Gasteiger partial charge in [-0.15, -0.1) is 12.4 Å². The highest BCUT2D eigenvalue weighted by molar-refractivity contribution is 5.85. The van der Waals surface area contributed by atoms with Gasteiger partial charge in [0.25, 0.3) is 0 Å². The molecule has 17 heavy (non-hydrogen) atoms. The molecule has 0 aromatic carbocycles. The number of nitrogens with zero attached hydrogens (tertiary/aromatic N) is 1. The highest BCUT2D eigenvalue weighted by Crippen LogP contribution is 2.44. The SMILES string of the molecule is Cc1ncccc1CNC(C1CC1)C1CC1.Cl. The molecule has 2 aliphatic rings. The van der Waals surface area contributed by atoms with Crippen molar-refractivity contribution >= 4 is 12.4 Å². The summed E-state index contributed by atoms with van der Waals surface area (Å²) in [5.74, 6) is 1.95. The Balaban J connectivity index is 0.00000108. The van der Waals surface area contributed by atoms with Gasteiger partial charge in [0.05, 0.1) is 0 Å². The summed E-state index contributed by atoms with van der Waals surface area (Å²) in [6, 6.07) is 5.01. The van der Waals surface area contributed by atoms with Gasteiger partial charge in [0.15, 0.2) is 0 Å². The van der Waals surface area contributed by atoms with Crippen LogP contribution < -0.4 is 5.32 Å². The third kappa shape index (κ3) is 3.20. The van der Waals surface area contributed by atoms with Crippen molar-refractivity contribution in [1.29, 1.82) is 0 Å². The number of pyridine rings is 1. The molecule has 2 aliphatic carbocycles. The van der Waals surface area contributed by atoms with Crippen LogP contribution in [0.1, 0.15) is 36.9 Å². The molecule has 0 bridgehead atoms. The molecular formula is C14H21ClN2.